The van der Waals surface area contributed by atoms with Gasteiger partial charge >= 0.3 is 5.97 Å². The molecule has 21 heavy (non-hydrogen) atoms. The number of piperidine rings is 1. The molecule has 1 aliphatic rings. The van der Waals surface area contributed by atoms with Gasteiger partial charge < -0.3 is 15.3 Å². The summed E-state index contributed by atoms with van der Waals surface area (Å²) in [5.74, 6) is -1.20. The van der Waals surface area contributed by atoms with E-state index in [1.165, 1.54) is 0 Å². The molecule has 0 aromatic heterocycles. The van der Waals surface area contributed by atoms with Crippen LogP contribution in [0.3, 0.4) is 0 Å². The lowest BCUT2D eigenvalue weighted by Crippen LogP contribution is -2.45. The van der Waals surface area contributed by atoms with Crippen LogP contribution in [-0.2, 0) is 14.4 Å². The molecule has 0 aromatic carbocycles. The Labute approximate surface area is 125 Å². The van der Waals surface area contributed by atoms with E-state index in [1.54, 1.807) is 4.90 Å². The van der Waals surface area contributed by atoms with Gasteiger partial charge in [0.25, 0.3) is 0 Å². The first kappa shape index (κ1) is 17.5. The number of rotatable bonds is 6. The van der Waals surface area contributed by atoms with E-state index in [1.807, 2.05) is 20.8 Å². The van der Waals surface area contributed by atoms with Crippen molar-refractivity contribution in [1.82, 2.24) is 10.2 Å². The molecule has 1 heterocycles. The van der Waals surface area contributed by atoms with Crippen molar-refractivity contribution in [2.45, 2.75) is 52.5 Å². The molecule has 6 nitrogen and oxygen atoms in total. The third-order valence-electron chi connectivity index (χ3n) is 3.61. The quantitative estimate of drug-likeness (QED) is 0.772. The van der Waals surface area contributed by atoms with Gasteiger partial charge in [0, 0.05) is 32.0 Å². The molecule has 0 spiro atoms. The van der Waals surface area contributed by atoms with Crippen LogP contribution in [-0.4, -0.2) is 46.9 Å². The third-order valence-corrected chi connectivity index (χ3v) is 3.61. The SMILES string of the molecule is CC1CC(C(=O)O)CN(C(=O)CCCC(=O)NC(C)C)C1. The molecule has 1 rings (SSSR count). The van der Waals surface area contributed by atoms with Crippen molar-refractivity contribution in [1.29, 1.82) is 0 Å². The number of likely N-dealkylation sites (tertiary alicyclic amines) is 1. The largest absolute Gasteiger partial charge is 0.481 e. The second kappa shape index (κ2) is 8.00. The first-order valence-electron chi connectivity index (χ1n) is 7.59. The van der Waals surface area contributed by atoms with Gasteiger partial charge in [-0.05, 0) is 32.6 Å². The predicted molar refractivity (Wildman–Crippen MR) is 78.6 cm³/mol. The molecular weight excluding hydrogens is 272 g/mol. The maximum atomic E-state index is 12.1. The van der Waals surface area contributed by atoms with Crippen molar-refractivity contribution in [3.8, 4) is 0 Å². The third kappa shape index (κ3) is 6.14. The van der Waals surface area contributed by atoms with Crippen molar-refractivity contribution in [3.63, 3.8) is 0 Å². The van der Waals surface area contributed by atoms with Crippen LogP contribution in [0, 0.1) is 11.8 Å². The van der Waals surface area contributed by atoms with Crippen LogP contribution in [0.1, 0.15) is 46.5 Å². The molecule has 1 fully saturated rings. The normalized spacial score (nSPS) is 22.2. The Morgan fingerprint density at radius 1 is 1.24 bits per heavy atom. The highest BCUT2D eigenvalue weighted by molar-refractivity contribution is 5.80. The molecule has 2 unspecified atom stereocenters. The molecule has 2 atom stereocenters. The Morgan fingerprint density at radius 2 is 1.90 bits per heavy atom. The van der Waals surface area contributed by atoms with Gasteiger partial charge in [-0.25, -0.2) is 0 Å². The van der Waals surface area contributed by atoms with Crippen LogP contribution in [0.2, 0.25) is 0 Å². The number of carbonyl (C=O) groups is 3. The number of nitrogens with one attached hydrogen (secondary N) is 1. The van der Waals surface area contributed by atoms with Gasteiger partial charge in [0.1, 0.15) is 0 Å². The fourth-order valence-electron chi connectivity index (χ4n) is 2.69. The van der Waals surface area contributed by atoms with Crippen LogP contribution >= 0.6 is 0 Å². The van der Waals surface area contributed by atoms with E-state index in [4.69, 9.17) is 5.11 Å². The number of carboxylic acids is 1. The Bertz CT molecular complexity index is 395. The fraction of sp³-hybridized carbons (Fsp3) is 0.800. The minimum atomic E-state index is -0.837. The summed E-state index contributed by atoms with van der Waals surface area (Å²) in [7, 11) is 0. The minimum Gasteiger partial charge on any atom is -0.481 e. The van der Waals surface area contributed by atoms with Crippen molar-refractivity contribution >= 4 is 17.8 Å². The van der Waals surface area contributed by atoms with E-state index in [2.05, 4.69) is 5.32 Å². The Morgan fingerprint density at radius 3 is 2.48 bits per heavy atom. The predicted octanol–water partition coefficient (Wildman–Crippen LogP) is 1.25. The van der Waals surface area contributed by atoms with Gasteiger partial charge in [-0.15, -0.1) is 0 Å². The second-order valence-corrected chi connectivity index (χ2v) is 6.25. The first-order valence-corrected chi connectivity index (χ1v) is 7.59. The molecule has 1 saturated heterocycles. The van der Waals surface area contributed by atoms with E-state index in [-0.39, 0.29) is 30.3 Å². The van der Waals surface area contributed by atoms with Gasteiger partial charge in [0.2, 0.25) is 11.8 Å². The zero-order chi connectivity index (χ0) is 16.0. The smallest absolute Gasteiger partial charge is 0.308 e. The summed E-state index contributed by atoms with van der Waals surface area (Å²) in [6.45, 7) is 6.65. The first-order chi connectivity index (χ1) is 9.79. The lowest BCUT2D eigenvalue weighted by molar-refractivity contribution is -0.146. The summed E-state index contributed by atoms with van der Waals surface area (Å²) < 4.78 is 0. The summed E-state index contributed by atoms with van der Waals surface area (Å²) >= 11 is 0. The summed E-state index contributed by atoms with van der Waals surface area (Å²) in [6, 6.07) is 0.104. The lowest BCUT2D eigenvalue weighted by atomic mass is 9.90. The maximum Gasteiger partial charge on any atom is 0.308 e. The molecule has 0 saturated carbocycles. The van der Waals surface area contributed by atoms with E-state index >= 15 is 0 Å². The van der Waals surface area contributed by atoms with Gasteiger partial charge in [-0.2, -0.15) is 0 Å². The number of hydrogen-bond donors (Lipinski definition) is 2. The lowest BCUT2D eigenvalue weighted by Gasteiger charge is -2.34. The summed E-state index contributed by atoms with van der Waals surface area (Å²) in [5.41, 5.74) is 0. The zero-order valence-electron chi connectivity index (χ0n) is 13.1. The second-order valence-electron chi connectivity index (χ2n) is 6.25. The number of aliphatic carboxylic acids is 1. The van der Waals surface area contributed by atoms with Crippen molar-refractivity contribution < 1.29 is 19.5 Å². The topological polar surface area (TPSA) is 86.7 Å². The van der Waals surface area contributed by atoms with Crippen molar-refractivity contribution in [2.75, 3.05) is 13.1 Å². The summed E-state index contributed by atoms with van der Waals surface area (Å²) in [4.78, 5) is 36.3. The van der Waals surface area contributed by atoms with Gasteiger partial charge in [-0.3, -0.25) is 14.4 Å². The molecule has 0 bridgehead atoms. The molecule has 2 amide bonds. The summed E-state index contributed by atoms with van der Waals surface area (Å²) in [5, 5.41) is 11.9. The Hall–Kier alpha value is -1.59. The van der Waals surface area contributed by atoms with Gasteiger partial charge in [0.05, 0.1) is 5.92 Å². The number of hydrogen-bond acceptors (Lipinski definition) is 3. The summed E-state index contributed by atoms with van der Waals surface area (Å²) in [6.07, 6.45) is 1.75. The highest BCUT2D eigenvalue weighted by Crippen LogP contribution is 2.22. The molecule has 0 aromatic rings. The van der Waals surface area contributed by atoms with Crippen LogP contribution in [0.5, 0.6) is 0 Å². The molecule has 120 valence electrons. The number of nitrogens with zero attached hydrogens (tertiary/aromatic N) is 1. The van der Waals surface area contributed by atoms with Gasteiger partial charge in [-0.1, -0.05) is 6.92 Å². The highest BCUT2D eigenvalue weighted by Gasteiger charge is 2.31. The van der Waals surface area contributed by atoms with Gasteiger partial charge in [0.15, 0.2) is 0 Å². The van der Waals surface area contributed by atoms with Crippen molar-refractivity contribution in [3.05, 3.63) is 0 Å². The van der Waals surface area contributed by atoms with Crippen LogP contribution in [0.4, 0.5) is 0 Å². The maximum absolute atomic E-state index is 12.1. The fourth-order valence-corrected chi connectivity index (χ4v) is 2.69. The number of carbonyl (C=O) groups excluding carboxylic acids is 2. The average molecular weight is 298 g/mol. The van der Waals surface area contributed by atoms with Crippen LogP contribution in [0.25, 0.3) is 0 Å². The molecule has 1 aliphatic heterocycles. The number of amides is 2. The standard InChI is InChI=1S/C15H26N2O4/c1-10(2)16-13(18)5-4-6-14(19)17-8-11(3)7-12(9-17)15(20)21/h10-12H,4-9H2,1-3H3,(H,16,18)(H,20,21). The van der Waals surface area contributed by atoms with E-state index < -0.39 is 11.9 Å². The van der Waals surface area contributed by atoms with Crippen molar-refractivity contribution in [2.24, 2.45) is 11.8 Å². The molecule has 6 heteroatoms. The number of carboxylic acid groups (broad SMARTS) is 1. The molecule has 0 radical (unpaired) electrons. The van der Waals surface area contributed by atoms with E-state index in [0.717, 1.165) is 0 Å². The Kier molecular flexibility index (Phi) is 6.65. The Balaban J connectivity index is 2.37. The highest BCUT2D eigenvalue weighted by atomic mass is 16.4. The zero-order valence-corrected chi connectivity index (χ0v) is 13.1. The van der Waals surface area contributed by atoms with E-state index in [0.29, 0.717) is 32.2 Å². The molecule has 0 aliphatic carbocycles. The monoisotopic (exact) mass is 298 g/mol. The van der Waals surface area contributed by atoms with E-state index in [9.17, 15) is 14.4 Å². The molecular formula is C15H26N2O4. The average Bonchev–Trinajstić information content (AvgIpc) is 2.36. The van der Waals surface area contributed by atoms with Crippen LogP contribution < -0.4 is 5.32 Å². The molecule has 2 N–H and O–H groups in total. The van der Waals surface area contributed by atoms with Crippen LogP contribution in [0.15, 0.2) is 0 Å². The minimum absolute atomic E-state index is 0.0479.